The Labute approximate surface area is 206 Å². The van der Waals surface area contributed by atoms with Crippen LogP contribution >= 0.6 is 0 Å². The number of alkyl halides is 3. The van der Waals surface area contributed by atoms with Crippen LogP contribution in [0.25, 0.3) is 0 Å². The van der Waals surface area contributed by atoms with E-state index in [4.69, 9.17) is 4.74 Å². The molecule has 0 aliphatic carbocycles. The highest BCUT2D eigenvalue weighted by Gasteiger charge is 2.39. The second kappa shape index (κ2) is 10.7. The summed E-state index contributed by atoms with van der Waals surface area (Å²) < 4.78 is 62.1. The number of carbonyl (C=O) groups is 1. The molecule has 1 fully saturated rings. The van der Waals surface area contributed by atoms with Crippen LogP contribution in [0, 0.1) is 5.82 Å². The van der Waals surface area contributed by atoms with Crippen molar-refractivity contribution in [3.63, 3.8) is 0 Å². The minimum atomic E-state index is -4.68. The van der Waals surface area contributed by atoms with E-state index in [1.807, 2.05) is 0 Å². The van der Waals surface area contributed by atoms with E-state index < -0.39 is 29.7 Å². The number of ether oxygens (including phenoxy) is 1. The summed E-state index contributed by atoms with van der Waals surface area (Å²) >= 11 is 0. The first kappa shape index (κ1) is 25.6. The summed E-state index contributed by atoms with van der Waals surface area (Å²) in [6.07, 6.45) is -0.603. The van der Waals surface area contributed by atoms with Crippen molar-refractivity contribution in [2.24, 2.45) is 0 Å². The summed E-state index contributed by atoms with van der Waals surface area (Å²) in [5.74, 6) is -0.615. The third-order valence-corrected chi connectivity index (χ3v) is 5.94. The molecule has 1 aliphatic rings. The maximum atomic E-state index is 14.1. The molecule has 1 aliphatic heterocycles. The second-order valence-electron chi connectivity index (χ2n) is 8.92. The first-order chi connectivity index (χ1) is 17.1. The predicted molar refractivity (Wildman–Crippen MR) is 125 cm³/mol. The first-order valence-electron chi connectivity index (χ1n) is 11.5. The molecular weight excluding hydrogens is 478 g/mol. The van der Waals surface area contributed by atoms with Gasteiger partial charge in [-0.05, 0) is 48.6 Å². The fraction of sp³-hybridized carbons (Fsp3) is 0.400. The summed E-state index contributed by atoms with van der Waals surface area (Å²) in [5.41, 5.74) is 0.374. The third-order valence-electron chi connectivity index (χ3n) is 5.94. The smallest absolute Gasteiger partial charge is 0.376 e. The molecule has 1 unspecified atom stereocenters. The lowest BCUT2D eigenvalue weighted by Gasteiger charge is -2.19. The minimum absolute atomic E-state index is 0.0330. The van der Waals surface area contributed by atoms with Crippen LogP contribution in [0.1, 0.15) is 45.7 Å². The second-order valence-corrected chi connectivity index (χ2v) is 8.92. The summed E-state index contributed by atoms with van der Waals surface area (Å²) in [6.45, 7) is 0.414. The van der Waals surface area contributed by atoms with Gasteiger partial charge in [-0.3, -0.25) is 4.79 Å². The normalized spacial score (nSPS) is 15.8. The molecule has 11 heteroatoms. The number of carbonyl (C=O) groups excluding carboxylic acids is 1. The Morgan fingerprint density at radius 1 is 1.17 bits per heavy atom. The summed E-state index contributed by atoms with van der Waals surface area (Å²) in [5, 5.41) is 2.71. The number of nitrogens with zero attached hydrogens (tertiary/aromatic N) is 4. The average Bonchev–Trinajstić information content (AvgIpc) is 3.47. The van der Waals surface area contributed by atoms with E-state index in [2.05, 4.69) is 15.3 Å². The predicted octanol–water partition coefficient (Wildman–Crippen LogP) is 4.20. The molecule has 0 saturated carbocycles. The molecule has 36 heavy (non-hydrogen) atoms. The highest BCUT2D eigenvalue weighted by Crippen LogP contribution is 2.35. The monoisotopic (exact) mass is 505 g/mol. The molecule has 2 aromatic heterocycles. The number of halogens is 4. The van der Waals surface area contributed by atoms with Crippen LogP contribution in [0.2, 0.25) is 0 Å². The number of benzene rings is 1. The quantitative estimate of drug-likeness (QED) is 0.465. The zero-order chi connectivity index (χ0) is 25.9. The van der Waals surface area contributed by atoms with Crippen LogP contribution in [0.3, 0.4) is 0 Å². The van der Waals surface area contributed by atoms with E-state index in [1.54, 1.807) is 31.4 Å². The number of anilines is 1. The van der Waals surface area contributed by atoms with Gasteiger partial charge in [-0.15, -0.1) is 0 Å². The Kier molecular flexibility index (Phi) is 7.58. The molecule has 4 rings (SSSR count). The Balaban J connectivity index is 1.67. The topological polar surface area (TPSA) is 72.3 Å². The van der Waals surface area contributed by atoms with Gasteiger partial charge in [-0.1, -0.05) is 12.1 Å². The van der Waals surface area contributed by atoms with Crippen molar-refractivity contribution < 1.29 is 27.1 Å². The Morgan fingerprint density at radius 3 is 2.44 bits per heavy atom. The van der Waals surface area contributed by atoms with Gasteiger partial charge in [0.25, 0.3) is 5.91 Å². The van der Waals surface area contributed by atoms with E-state index in [9.17, 15) is 22.4 Å². The van der Waals surface area contributed by atoms with Crippen molar-refractivity contribution >= 4 is 11.9 Å². The molecule has 1 amide bonds. The Morgan fingerprint density at radius 2 is 1.86 bits per heavy atom. The summed E-state index contributed by atoms with van der Waals surface area (Å²) in [4.78, 5) is 23.5. The fourth-order valence-corrected chi connectivity index (χ4v) is 4.18. The van der Waals surface area contributed by atoms with Crippen molar-refractivity contribution in [2.45, 2.75) is 44.6 Å². The number of aromatic nitrogens is 3. The molecule has 1 N–H and O–H groups in total. The van der Waals surface area contributed by atoms with Crippen molar-refractivity contribution in [3.05, 3.63) is 76.6 Å². The Hall–Kier alpha value is -3.47. The fourth-order valence-electron chi connectivity index (χ4n) is 4.18. The van der Waals surface area contributed by atoms with Gasteiger partial charge in [0.1, 0.15) is 17.2 Å². The van der Waals surface area contributed by atoms with Gasteiger partial charge in [-0.2, -0.15) is 13.2 Å². The van der Waals surface area contributed by atoms with E-state index in [0.29, 0.717) is 30.1 Å². The van der Waals surface area contributed by atoms with E-state index in [0.717, 1.165) is 17.1 Å². The standard InChI is InChI=1S/C25H27F4N5O2/c1-33(2)24-31-13-17(14-32-24)12-30-23(35)22-18(10-16-5-7-19(26)8-6-16)11-21(25(27,28)29)34(22)15-20-4-3-9-36-20/h5-8,11,13-14,20H,3-4,9-10,12,15H2,1-2H3,(H,30,35). The molecule has 0 bridgehead atoms. The number of hydrogen-bond donors (Lipinski definition) is 1. The van der Waals surface area contributed by atoms with Gasteiger partial charge in [0, 0.05) is 51.7 Å². The highest BCUT2D eigenvalue weighted by atomic mass is 19.4. The van der Waals surface area contributed by atoms with Crippen LogP contribution in [0.15, 0.2) is 42.7 Å². The Bertz CT molecular complexity index is 1180. The van der Waals surface area contributed by atoms with E-state index in [1.165, 1.54) is 24.3 Å². The van der Waals surface area contributed by atoms with E-state index >= 15 is 0 Å². The lowest BCUT2D eigenvalue weighted by atomic mass is 10.0. The van der Waals surface area contributed by atoms with Gasteiger partial charge in [0.05, 0.1) is 6.10 Å². The molecule has 7 nitrogen and oxygen atoms in total. The van der Waals surface area contributed by atoms with Crippen LogP contribution in [-0.4, -0.2) is 47.2 Å². The SMILES string of the molecule is CN(C)c1ncc(CNC(=O)c2c(Cc3ccc(F)cc3)cc(C(F)(F)F)n2CC2CCCO2)cn1. The van der Waals surface area contributed by atoms with Gasteiger partial charge in [-0.25, -0.2) is 14.4 Å². The van der Waals surface area contributed by atoms with Crippen LogP contribution in [0.5, 0.6) is 0 Å². The zero-order valence-electron chi connectivity index (χ0n) is 20.0. The van der Waals surface area contributed by atoms with E-state index in [-0.39, 0.29) is 30.8 Å². The summed E-state index contributed by atoms with van der Waals surface area (Å²) in [7, 11) is 3.58. The molecule has 1 atom stereocenters. The number of amides is 1. The van der Waals surface area contributed by atoms with Gasteiger partial charge < -0.3 is 19.5 Å². The number of hydrogen-bond acceptors (Lipinski definition) is 5. The van der Waals surface area contributed by atoms with Crippen molar-refractivity contribution in [1.82, 2.24) is 19.9 Å². The molecule has 192 valence electrons. The van der Waals surface area contributed by atoms with Crippen molar-refractivity contribution in [3.8, 4) is 0 Å². The summed E-state index contributed by atoms with van der Waals surface area (Å²) in [6, 6.07) is 6.46. The highest BCUT2D eigenvalue weighted by molar-refractivity contribution is 5.94. The van der Waals surface area contributed by atoms with Crippen LogP contribution < -0.4 is 10.2 Å². The number of rotatable bonds is 8. The molecular formula is C25H27F4N5O2. The lowest BCUT2D eigenvalue weighted by Crippen LogP contribution is -2.30. The largest absolute Gasteiger partial charge is 0.431 e. The van der Waals surface area contributed by atoms with Gasteiger partial charge in [0.2, 0.25) is 5.95 Å². The first-order valence-corrected chi connectivity index (χ1v) is 11.5. The maximum Gasteiger partial charge on any atom is 0.431 e. The number of nitrogens with one attached hydrogen (secondary N) is 1. The van der Waals surface area contributed by atoms with Gasteiger partial charge >= 0.3 is 6.18 Å². The minimum Gasteiger partial charge on any atom is -0.376 e. The molecule has 3 aromatic rings. The molecule has 0 radical (unpaired) electrons. The maximum absolute atomic E-state index is 14.1. The molecule has 1 aromatic carbocycles. The third kappa shape index (κ3) is 6.01. The average molecular weight is 506 g/mol. The van der Waals surface area contributed by atoms with Gasteiger partial charge in [0.15, 0.2) is 0 Å². The molecule has 1 saturated heterocycles. The zero-order valence-corrected chi connectivity index (χ0v) is 20.0. The van der Waals surface area contributed by atoms with Crippen LogP contribution in [0.4, 0.5) is 23.5 Å². The van der Waals surface area contributed by atoms with Crippen LogP contribution in [-0.2, 0) is 30.4 Å². The molecule has 0 spiro atoms. The molecule has 3 heterocycles. The van der Waals surface area contributed by atoms with Crippen molar-refractivity contribution in [2.75, 3.05) is 25.6 Å². The van der Waals surface area contributed by atoms with Crippen molar-refractivity contribution in [1.29, 1.82) is 0 Å². The lowest BCUT2D eigenvalue weighted by molar-refractivity contribution is -0.144.